The molecule has 4 heterocycles. The van der Waals surface area contributed by atoms with Crippen molar-refractivity contribution < 1.29 is 33.1 Å². The summed E-state index contributed by atoms with van der Waals surface area (Å²) in [5, 5.41) is 8.57. The number of anilines is 1. The number of amides is 5. The van der Waals surface area contributed by atoms with Crippen LogP contribution in [-0.4, -0.2) is 79.2 Å². The molecule has 0 unspecified atom stereocenters. The van der Waals surface area contributed by atoms with Gasteiger partial charge in [-0.25, -0.2) is 4.39 Å². The van der Waals surface area contributed by atoms with Gasteiger partial charge in [0.2, 0.25) is 17.7 Å². The minimum atomic E-state index is -0.848. The Hall–Kier alpha value is -5.26. The first-order valence-corrected chi connectivity index (χ1v) is 18.3. The van der Waals surface area contributed by atoms with Gasteiger partial charge in [0.1, 0.15) is 24.2 Å². The first-order valence-electron chi connectivity index (χ1n) is 18.3. The van der Waals surface area contributed by atoms with Crippen LogP contribution in [0.4, 0.5) is 10.1 Å². The molecule has 3 aromatic rings. The summed E-state index contributed by atoms with van der Waals surface area (Å²) in [6, 6.07) is 15.6. The number of ether oxygens (including phenoxy) is 1. The smallest absolute Gasteiger partial charge is 0.254 e. The lowest BCUT2D eigenvalue weighted by atomic mass is 9.84. The highest BCUT2D eigenvalue weighted by Gasteiger charge is 2.29. The Kier molecular flexibility index (Phi) is 13.6. The highest BCUT2D eigenvalue weighted by atomic mass is 19.1. The van der Waals surface area contributed by atoms with Crippen LogP contribution in [0.25, 0.3) is 0 Å². The third-order valence-electron chi connectivity index (χ3n) is 9.39. The van der Waals surface area contributed by atoms with Crippen LogP contribution in [0.2, 0.25) is 0 Å². The maximum absolute atomic E-state index is 15.1. The maximum atomic E-state index is 15.1. The maximum Gasteiger partial charge on any atom is 0.254 e. The molecule has 11 nitrogen and oxygen atoms in total. The molecule has 54 heavy (non-hydrogen) atoms. The van der Waals surface area contributed by atoms with Crippen molar-refractivity contribution in [1.29, 1.82) is 0 Å². The molecular formula is C42H54FN5O6. The Morgan fingerprint density at radius 1 is 0.815 bits per heavy atom. The van der Waals surface area contributed by atoms with Crippen LogP contribution in [0.3, 0.4) is 0 Å². The zero-order valence-electron chi connectivity index (χ0n) is 32.7. The zero-order chi connectivity index (χ0) is 39.8. The molecule has 4 aliphatic rings. The number of likely N-dealkylation sites (N-methyl/N-ethyl adjacent to an activating group) is 2. The third kappa shape index (κ3) is 12.1. The van der Waals surface area contributed by atoms with Gasteiger partial charge in [0.05, 0.1) is 12.1 Å². The van der Waals surface area contributed by atoms with Crippen molar-refractivity contribution in [2.24, 2.45) is 10.8 Å². The first-order chi connectivity index (χ1) is 25.3. The summed E-state index contributed by atoms with van der Waals surface area (Å²) in [5.41, 5.74) is 2.13. The highest BCUT2D eigenvalue weighted by Crippen LogP contribution is 2.27. The van der Waals surface area contributed by atoms with E-state index in [1.807, 2.05) is 46.8 Å². The van der Waals surface area contributed by atoms with Gasteiger partial charge in [0, 0.05) is 57.3 Å². The van der Waals surface area contributed by atoms with Gasteiger partial charge in [-0.2, -0.15) is 0 Å². The number of hydrogen-bond acceptors (Lipinski definition) is 6. The molecule has 6 bridgehead atoms. The number of nitrogens with zero attached hydrogens (tertiary/aromatic N) is 2. The molecule has 5 amide bonds. The Balaban J connectivity index is 1.58. The van der Waals surface area contributed by atoms with Crippen molar-refractivity contribution in [2.45, 2.75) is 79.8 Å². The summed E-state index contributed by atoms with van der Waals surface area (Å²) in [4.78, 5) is 69.6. The predicted octanol–water partition coefficient (Wildman–Crippen LogP) is 5.90. The average molecular weight is 744 g/mol. The van der Waals surface area contributed by atoms with Gasteiger partial charge in [-0.05, 0) is 77.6 Å². The van der Waals surface area contributed by atoms with Crippen molar-refractivity contribution in [3.63, 3.8) is 0 Å². The number of carbonyl (C=O) groups is 5. The Labute approximate surface area is 318 Å². The van der Waals surface area contributed by atoms with E-state index in [9.17, 15) is 24.0 Å². The van der Waals surface area contributed by atoms with Gasteiger partial charge < -0.3 is 30.5 Å². The fourth-order valence-electron chi connectivity index (χ4n) is 6.11. The van der Waals surface area contributed by atoms with E-state index in [-0.39, 0.29) is 67.0 Å². The summed E-state index contributed by atoms with van der Waals surface area (Å²) < 4.78 is 20.8. The van der Waals surface area contributed by atoms with Crippen LogP contribution < -0.4 is 20.7 Å². The van der Waals surface area contributed by atoms with E-state index < -0.39 is 29.1 Å². The van der Waals surface area contributed by atoms with E-state index in [1.54, 1.807) is 56.3 Å². The molecule has 3 aromatic carbocycles. The standard InChI is InChI=1S/C42H54FN5O6/c1-27-9-10-29-21-33(27)39(52)46-35(23-41(2,3)4)40(53)45-30-13-11-28(12-14-30)17-18-47(7)36(49)24-42(5,6)25-37(50)48(8)19-20-54-31-15-16-32(34(43)22-31)38(51)44-26-29/h9-16,21-22,35H,17-20,23-26H2,1-8H3,(H,44,51)(H,45,53)(H,46,52)/t35-/m0/s1. The number of nitrogens with one attached hydrogen (secondary N) is 3. The lowest BCUT2D eigenvalue weighted by Crippen LogP contribution is -2.46. The summed E-state index contributed by atoms with van der Waals surface area (Å²) in [6.07, 6.45) is 1.30. The monoisotopic (exact) mass is 743 g/mol. The quantitative estimate of drug-likeness (QED) is 0.284. The van der Waals surface area contributed by atoms with Crippen molar-refractivity contribution in [3.8, 4) is 5.75 Å². The molecule has 0 aromatic heterocycles. The molecule has 3 N–H and O–H groups in total. The molecule has 0 radical (unpaired) electrons. The van der Waals surface area contributed by atoms with E-state index in [0.29, 0.717) is 41.8 Å². The predicted molar refractivity (Wildman–Crippen MR) is 207 cm³/mol. The second-order valence-corrected chi connectivity index (χ2v) is 16.2. The fourth-order valence-corrected chi connectivity index (χ4v) is 6.11. The molecule has 0 spiro atoms. The van der Waals surface area contributed by atoms with E-state index in [0.717, 1.165) is 11.6 Å². The molecular weight excluding hydrogens is 689 g/mol. The molecule has 7 rings (SSSR count). The van der Waals surface area contributed by atoms with E-state index >= 15 is 4.39 Å². The van der Waals surface area contributed by atoms with Gasteiger partial charge in [-0.3, -0.25) is 24.0 Å². The summed E-state index contributed by atoms with van der Waals surface area (Å²) >= 11 is 0. The second-order valence-electron chi connectivity index (χ2n) is 16.2. The third-order valence-corrected chi connectivity index (χ3v) is 9.39. The fraction of sp³-hybridized carbons (Fsp3) is 0.452. The second kappa shape index (κ2) is 17.7. The van der Waals surface area contributed by atoms with Gasteiger partial charge in [0.25, 0.3) is 11.8 Å². The van der Waals surface area contributed by atoms with Crippen LogP contribution in [0.1, 0.15) is 91.3 Å². The number of carbonyl (C=O) groups excluding carboxylic acids is 5. The van der Waals surface area contributed by atoms with Crippen LogP contribution in [-0.2, 0) is 27.3 Å². The van der Waals surface area contributed by atoms with Crippen molar-refractivity contribution in [2.75, 3.05) is 39.1 Å². The van der Waals surface area contributed by atoms with Crippen LogP contribution in [0.15, 0.2) is 60.7 Å². The van der Waals surface area contributed by atoms with Crippen LogP contribution in [0, 0.1) is 23.6 Å². The SMILES string of the molecule is Cc1ccc2cc1C(=O)N[C@@H](CC(C)(C)C)C(=O)Nc1ccc(cc1)CCN(C)C(=O)CC(C)(C)CC(=O)N(C)CCOc1ccc(c(F)c1)C(=O)NC2. The molecule has 4 aliphatic heterocycles. The lowest BCUT2D eigenvalue weighted by molar-refractivity contribution is -0.135. The zero-order valence-corrected chi connectivity index (χ0v) is 32.7. The number of rotatable bonds is 1. The number of halogens is 1. The molecule has 290 valence electrons. The van der Waals surface area contributed by atoms with Gasteiger partial charge in [-0.15, -0.1) is 0 Å². The van der Waals surface area contributed by atoms with Gasteiger partial charge in [-0.1, -0.05) is 58.9 Å². The van der Waals surface area contributed by atoms with Gasteiger partial charge in [0.15, 0.2) is 0 Å². The van der Waals surface area contributed by atoms with Crippen molar-refractivity contribution in [1.82, 2.24) is 20.4 Å². The summed E-state index contributed by atoms with van der Waals surface area (Å²) in [5.74, 6) is -2.24. The van der Waals surface area contributed by atoms with E-state index in [2.05, 4.69) is 16.0 Å². The first kappa shape index (κ1) is 41.5. The number of aryl methyl sites for hydroxylation is 1. The minimum absolute atomic E-state index is 0.0284. The largest absolute Gasteiger partial charge is 0.492 e. The van der Waals surface area contributed by atoms with E-state index in [1.165, 1.54) is 17.0 Å². The molecule has 0 aliphatic carbocycles. The lowest BCUT2D eigenvalue weighted by Gasteiger charge is -2.28. The van der Waals surface area contributed by atoms with Crippen LogP contribution in [0.5, 0.6) is 5.75 Å². The molecule has 0 saturated heterocycles. The highest BCUT2D eigenvalue weighted by molar-refractivity contribution is 6.02. The topological polar surface area (TPSA) is 137 Å². The van der Waals surface area contributed by atoms with Crippen molar-refractivity contribution in [3.05, 3.63) is 94.3 Å². The van der Waals surface area contributed by atoms with Crippen LogP contribution >= 0.6 is 0 Å². The van der Waals surface area contributed by atoms with Gasteiger partial charge >= 0.3 is 0 Å². The number of hydrogen-bond donors (Lipinski definition) is 3. The van der Waals surface area contributed by atoms with Crippen molar-refractivity contribution >= 4 is 35.2 Å². The Morgan fingerprint density at radius 3 is 2.07 bits per heavy atom. The normalized spacial score (nSPS) is 18.7. The number of benzene rings is 3. The van der Waals surface area contributed by atoms with E-state index in [4.69, 9.17) is 4.74 Å². The minimum Gasteiger partial charge on any atom is -0.492 e. The summed E-state index contributed by atoms with van der Waals surface area (Å²) in [7, 11) is 3.39. The molecule has 1 atom stereocenters. The average Bonchev–Trinajstić information content (AvgIpc) is 3.08. The molecule has 0 fully saturated rings. The Bertz CT molecular complexity index is 1850. The summed E-state index contributed by atoms with van der Waals surface area (Å²) in [6.45, 7) is 12.4. The molecule has 0 saturated carbocycles. The Morgan fingerprint density at radius 2 is 1.44 bits per heavy atom. The molecule has 12 heteroatoms.